The summed E-state index contributed by atoms with van der Waals surface area (Å²) in [7, 11) is 9.75. The van der Waals surface area contributed by atoms with Gasteiger partial charge in [0.25, 0.3) is 0 Å². The number of aryl methyl sites for hydroxylation is 1. The molecule has 0 saturated heterocycles. The van der Waals surface area contributed by atoms with Gasteiger partial charge in [-0.15, -0.1) is 0 Å². The monoisotopic (exact) mass is 429 g/mol. The maximum atomic E-state index is 8.02. The Hall–Kier alpha value is -0.312. The third-order valence-corrected chi connectivity index (χ3v) is 1.29. The molecule has 1 aromatic rings. The van der Waals surface area contributed by atoms with E-state index in [9.17, 15) is 0 Å². The third kappa shape index (κ3) is 9.98. The second kappa shape index (κ2) is 11.8. The van der Waals surface area contributed by atoms with Gasteiger partial charge in [-0.25, -0.2) is 0 Å². The van der Waals surface area contributed by atoms with Gasteiger partial charge >= 0.3 is 35.3 Å². The van der Waals surface area contributed by atoms with E-state index < -0.39 is 16.5 Å². The fourth-order valence-electron chi connectivity index (χ4n) is 0.705. The second-order valence-corrected chi connectivity index (χ2v) is 5.52. The fraction of sp³-hybridized carbons (Fsp3) is 0.286. The van der Waals surface area contributed by atoms with Gasteiger partial charge in [0.2, 0.25) is 0 Å². The molecule has 0 spiro atoms. The average Bonchev–Trinajstić information content (AvgIpc) is 2.18. The Kier molecular flexibility index (Phi) is 13.4. The topological polar surface area (TPSA) is 95.2 Å². The van der Waals surface area contributed by atoms with E-state index in [-0.39, 0.29) is 6.15 Å². The van der Waals surface area contributed by atoms with Crippen LogP contribution in [0.15, 0.2) is 23.4 Å². The Morgan fingerprint density at radius 2 is 2.13 bits per heavy atom. The number of nitrogens with zero attached hydrogens (tertiary/aromatic N) is 4. The van der Waals surface area contributed by atoms with Gasteiger partial charge in [-0.1, -0.05) is 11.2 Å². The normalized spacial score (nSPS) is 7.93. The van der Waals surface area contributed by atoms with E-state index >= 15 is 0 Å². The molecule has 0 atom stereocenters. The van der Waals surface area contributed by atoms with Crippen molar-refractivity contribution in [1.82, 2.24) is 4.98 Å². The van der Waals surface area contributed by atoms with Crippen LogP contribution in [0, 0.1) is 6.92 Å². The first-order chi connectivity index (χ1) is 6.74. The van der Waals surface area contributed by atoms with Crippen molar-refractivity contribution in [3.63, 3.8) is 0 Å². The molecule has 8 heteroatoms. The van der Waals surface area contributed by atoms with E-state index in [1.165, 1.54) is 0 Å². The zero-order valence-electron chi connectivity index (χ0n) is 7.88. The summed E-state index contributed by atoms with van der Waals surface area (Å²) in [5, 5.41) is 3.41. The van der Waals surface area contributed by atoms with E-state index in [0.29, 0.717) is 6.54 Å². The zero-order chi connectivity index (χ0) is 10.8. The molecule has 0 aliphatic rings. The van der Waals surface area contributed by atoms with Gasteiger partial charge in [0.1, 0.15) is 0 Å². The third-order valence-electron chi connectivity index (χ3n) is 1.29. The van der Waals surface area contributed by atoms with Crippen LogP contribution in [0.2, 0.25) is 0 Å². The van der Waals surface area contributed by atoms with Crippen molar-refractivity contribution in [3.8, 4) is 0 Å². The summed E-state index contributed by atoms with van der Waals surface area (Å²) in [6.07, 6.45) is 1.71. The summed E-state index contributed by atoms with van der Waals surface area (Å²) in [5.41, 5.74) is 9.93. The van der Waals surface area contributed by atoms with Crippen LogP contribution < -0.4 is 0 Å². The Morgan fingerprint density at radius 3 is 2.53 bits per heavy atom. The SMILES string of the molecule is Cc1ccc(CN=[N+]=[N-])cn1.[Cl][Pt][Cl].[NH2-]. The average molecular weight is 430 g/mol. The van der Waals surface area contributed by atoms with Gasteiger partial charge in [0.05, 0.1) is 6.54 Å². The molecule has 2 N–H and O–H groups in total. The summed E-state index contributed by atoms with van der Waals surface area (Å²) < 4.78 is 0. The smallest absolute Gasteiger partial charge is 0.693 e. The Labute approximate surface area is 105 Å². The van der Waals surface area contributed by atoms with Crippen LogP contribution in [-0.2, 0) is 23.0 Å². The van der Waals surface area contributed by atoms with Crippen molar-refractivity contribution in [3.05, 3.63) is 46.2 Å². The summed E-state index contributed by atoms with van der Waals surface area (Å²) in [6, 6.07) is 3.79. The molecule has 1 aromatic heterocycles. The standard InChI is InChI=1S/C7H8N4.2ClH.H2N.Pt/c1-6-2-3-7(4-9-6)5-10-11-8;;;;/h2-4H,5H2,1H3;2*1H;1H2;/q;;;-1;+2/p-2. The number of azide groups is 1. The molecule has 0 saturated carbocycles. The molecule has 0 fully saturated rings. The van der Waals surface area contributed by atoms with Gasteiger partial charge in [-0.05, 0) is 24.1 Å². The van der Waals surface area contributed by atoms with Crippen molar-refractivity contribution in [2.24, 2.45) is 5.11 Å². The molecule has 5 nitrogen and oxygen atoms in total. The van der Waals surface area contributed by atoms with E-state index in [1.807, 2.05) is 19.1 Å². The minimum absolute atomic E-state index is 0. The molecular weight excluding hydrogens is 420 g/mol. The first-order valence-corrected chi connectivity index (χ1v) is 9.12. The quantitative estimate of drug-likeness (QED) is 0.391. The van der Waals surface area contributed by atoms with Crippen molar-refractivity contribution >= 4 is 18.8 Å². The molecule has 1 rings (SSSR count). The molecule has 88 valence electrons. The van der Waals surface area contributed by atoms with Crippen molar-refractivity contribution in [2.45, 2.75) is 13.5 Å². The molecule has 0 unspecified atom stereocenters. The number of aromatic nitrogens is 1. The maximum Gasteiger partial charge on any atom is -0.693 e. The van der Waals surface area contributed by atoms with E-state index in [1.54, 1.807) is 6.20 Å². The molecular formula is C7H10Cl2N5Pt-. The predicted molar refractivity (Wildman–Crippen MR) is 58.8 cm³/mol. The number of hydrogen-bond acceptors (Lipinski definition) is 2. The minimum atomic E-state index is -0.472. The fourth-order valence-corrected chi connectivity index (χ4v) is 0.705. The van der Waals surface area contributed by atoms with Gasteiger partial charge < -0.3 is 6.15 Å². The van der Waals surface area contributed by atoms with Crippen LogP contribution in [0.3, 0.4) is 0 Å². The number of nitrogens with two attached hydrogens (primary N) is 1. The van der Waals surface area contributed by atoms with Crippen LogP contribution in [0.5, 0.6) is 0 Å². The zero-order valence-corrected chi connectivity index (χ0v) is 11.7. The van der Waals surface area contributed by atoms with Crippen LogP contribution >= 0.6 is 18.8 Å². The van der Waals surface area contributed by atoms with Gasteiger partial charge in [0, 0.05) is 16.8 Å². The van der Waals surface area contributed by atoms with Crippen LogP contribution in [-0.4, -0.2) is 4.98 Å². The number of pyridine rings is 1. The molecule has 0 aromatic carbocycles. The van der Waals surface area contributed by atoms with Crippen molar-refractivity contribution in [2.75, 3.05) is 0 Å². The first kappa shape index (κ1) is 17.1. The minimum Gasteiger partial charge on any atom is -0.693 e. The van der Waals surface area contributed by atoms with E-state index in [0.717, 1.165) is 11.3 Å². The maximum absolute atomic E-state index is 8.02. The van der Waals surface area contributed by atoms with Crippen LogP contribution in [0.25, 0.3) is 16.6 Å². The van der Waals surface area contributed by atoms with Crippen LogP contribution in [0.4, 0.5) is 0 Å². The molecule has 1 heterocycles. The van der Waals surface area contributed by atoms with E-state index in [2.05, 4.69) is 15.0 Å². The van der Waals surface area contributed by atoms with E-state index in [4.69, 9.17) is 24.4 Å². The molecule has 0 amide bonds. The molecule has 0 aliphatic heterocycles. The molecule has 15 heavy (non-hydrogen) atoms. The van der Waals surface area contributed by atoms with Gasteiger partial charge in [0.15, 0.2) is 0 Å². The molecule has 0 radical (unpaired) electrons. The largest absolute Gasteiger partial charge is 0.693 e. The summed E-state index contributed by atoms with van der Waals surface area (Å²) in [4.78, 5) is 6.70. The molecule has 0 bridgehead atoms. The first-order valence-electron chi connectivity index (χ1n) is 3.49. The van der Waals surface area contributed by atoms with Crippen molar-refractivity contribution in [1.29, 1.82) is 0 Å². The predicted octanol–water partition coefficient (Wildman–Crippen LogP) is 4.29. The van der Waals surface area contributed by atoms with Crippen LogP contribution in [0.1, 0.15) is 11.3 Å². The Balaban J connectivity index is 0. The summed E-state index contributed by atoms with van der Waals surface area (Å²) in [5.74, 6) is 0. The summed E-state index contributed by atoms with van der Waals surface area (Å²) in [6.45, 7) is 2.29. The molecule has 0 aliphatic carbocycles. The number of halogens is 2. The van der Waals surface area contributed by atoms with Crippen molar-refractivity contribution < 1.29 is 16.5 Å². The summed E-state index contributed by atoms with van der Waals surface area (Å²) >= 11 is -0.472. The number of hydrogen-bond donors (Lipinski definition) is 0. The Bertz CT molecular complexity index is 299. The number of rotatable bonds is 2. The Morgan fingerprint density at radius 1 is 1.53 bits per heavy atom. The van der Waals surface area contributed by atoms with Gasteiger partial charge in [-0.3, -0.25) is 4.98 Å². The second-order valence-electron chi connectivity index (χ2n) is 2.24. The van der Waals surface area contributed by atoms with Gasteiger partial charge in [-0.2, -0.15) is 0 Å².